The lowest BCUT2D eigenvalue weighted by Gasteiger charge is -1.99. The Balaban J connectivity index is 1.46. The second-order valence-electron chi connectivity index (χ2n) is 5.20. The maximum atomic E-state index is 12.2. The molecule has 0 saturated heterocycles. The maximum Gasteiger partial charge on any atom is 0.359 e. The van der Waals surface area contributed by atoms with Crippen LogP contribution in [0.15, 0.2) is 57.4 Å². The third-order valence-corrected chi connectivity index (χ3v) is 4.08. The number of nitrogens with zero attached hydrogens (tertiary/aromatic N) is 3. The van der Waals surface area contributed by atoms with Crippen LogP contribution in [0.5, 0.6) is 0 Å². The van der Waals surface area contributed by atoms with Crippen molar-refractivity contribution in [3.05, 3.63) is 64.6 Å². The van der Waals surface area contributed by atoms with Gasteiger partial charge in [-0.1, -0.05) is 34.1 Å². The smallest absolute Gasteiger partial charge is 0.359 e. The minimum atomic E-state index is -0.555. The number of H-pyrrole nitrogens is 1. The number of hydrogen-bond acceptors (Lipinski definition) is 6. The molecule has 124 valence electrons. The summed E-state index contributed by atoms with van der Waals surface area (Å²) in [5.74, 6) is 0.0238. The van der Waals surface area contributed by atoms with E-state index < -0.39 is 5.97 Å². The largest absolute Gasteiger partial charge is 0.451 e. The standard InChI is InChI=1S/C17H11BrN4O3/c18-11-7-5-10(6-8-11)16-22-20-14(25-16)9-24-17(23)15-12-3-1-2-4-13(12)19-21-15/h1-8H,9H2,(H,19,21). The molecule has 8 heteroatoms. The number of halogens is 1. The number of fused-ring (bicyclic) bond motifs is 1. The first-order valence-corrected chi connectivity index (χ1v) is 8.18. The Morgan fingerprint density at radius 3 is 2.76 bits per heavy atom. The van der Waals surface area contributed by atoms with E-state index in [2.05, 4.69) is 36.3 Å². The highest BCUT2D eigenvalue weighted by atomic mass is 79.9. The zero-order valence-electron chi connectivity index (χ0n) is 12.8. The van der Waals surface area contributed by atoms with Gasteiger partial charge in [-0.05, 0) is 30.3 Å². The van der Waals surface area contributed by atoms with E-state index in [1.54, 1.807) is 6.07 Å². The van der Waals surface area contributed by atoms with Crippen LogP contribution in [0.3, 0.4) is 0 Å². The number of aromatic nitrogens is 4. The van der Waals surface area contributed by atoms with Crippen LogP contribution < -0.4 is 0 Å². The molecule has 4 aromatic rings. The molecule has 25 heavy (non-hydrogen) atoms. The predicted octanol–water partition coefficient (Wildman–Crippen LogP) is 3.73. The van der Waals surface area contributed by atoms with Gasteiger partial charge in [-0.15, -0.1) is 10.2 Å². The lowest BCUT2D eigenvalue weighted by Crippen LogP contribution is -2.06. The van der Waals surface area contributed by atoms with E-state index in [9.17, 15) is 4.79 Å². The van der Waals surface area contributed by atoms with Crippen LogP contribution in [0.4, 0.5) is 0 Å². The monoisotopic (exact) mass is 398 g/mol. The Labute approximate surface area is 150 Å². The predicted molar refractivity (Wildman–Crippen MR) is 92.6 cm³/mol. The summed E-state index contributed by atoms with van der Waals surface area (Å²) in [5, 5.41) is 15.4. The van der Waals surface area contributed by atoms with Gasteiger partial charge in [-0.25, -0.2) is 4.79 Å². The van der Waals surface area contributed by atoms with Gasteiger partial charge in [0.15, 0.2) is 12.3 Å². The SMILES string of the molecule is O=C(OCc1nnc(-c2ccc(Br)cc2)o1)c1n[nH]c2ccccc12. The van der Waals surface area contributed by atoms with Gasteiger partial charge in [0.05, 0.1) is 5.52 Å². The molecule has 2 aromatic heterocycles. The van der Waals surface area contributed by atoms with E-state index in [1.807, 2.05) is 42.5 Å². The number of benzene rings is 2. The van der Waals surface area contributed by atoms with Gasteiger partial charge in [0.1, 0.15) is 0 Å². The molecule has 0 aliphatic heterocycles. The molecule has 2 heterocycles. The molecule has 0 fully saturated rings. The number of esters is 1. The van der Waals surface area contributed by atoms with Gasteiger partial charge in [0, 0.05) is 15.4 Å². The molecule has 7 nitrogen and oxygen atoms in total. The number of ether oxygens (including phenoxy) is 1. The Morgan fingerprint density at radius 1 is 1.12 bits per heavy atom. The highest BCUT2D eigenvalue weighted by molar-refractivity contribution is 9.10. The van der Waals surface area contributed by atoms with Crippen LogP contribution in [0.1, 0.15) is 16.4 Å². The lowest BCUT2D eigenvalue weighted by molar-refractivity contribution is 0.0434. The molecule has 1 N–H and O–H groups in total. The molecule has 2 aromatic carbocycles. The molecule has 0 bridgehead atoms. The molecule has 0 aliphatic rings. The minimum Gasteiger partial charge on any atom is -0.451 e. The molecule has 0 saturated carbocycles. The van der Waals surface area contributed by atoms with E-state index in [0.29, 0.717) is 11.3 Å². The molecular weight excluding hydrogens is 388 g/mol. The van der Waals surface area contributed by atoms with Crippen LogP contribution in [-0.4, -0.2) is 26.4 Å². The van der Waals surface area contributed by atoms with Gasteiger partial charge >= 0.3 is 5.97 Å². The highest BCUT2D eigenvalue weighted by Gasteiger charge is 2.17. The van der Waals surface area contributed by atoms with E-state index in [0.717, 1.165) is 15.6 Å². The van der Waals surface area contributed by atoms with Crippen LogP contribution in [0.25, 0.3) is 22.4 Å². The van der Waals surface area contributed by atoms with Crippen LogP contribution in [-0.2, 0) is 11.3 Å². The molecule has 4 rings (SSSR count). The highest BCUT2D eigenvalue weighted by Crippen LogP contribution is 2.21. The molecule has 0 unspecified atom stereocenters. The number of carbonyl (C=O) groups excluding carboxylic acids is 1. The van der Waals surface area contributed by atoms with E-state index >= 15 is 0 Å². The number of hydrogen-bond donors (Lipinski definition) is 1. The number of carbonyl (C=O) groups is 1. The second kappa shape index (κ2) is 6.48. The fraction of sp³-hybridized carbons (Fsp3) is 0.0588. The third kappa shape index (κ3) is 3.16. The molecule has 0 amide bonds. The van der Waals surface area contributed by atoms with E-state index in [1.165, 1.54) is 0 Å². The fourth-order valence-corrected chi connectivity index (χ4v) is 2.60. The Kier molecular flexibility index (Phi) is 4.02. The third-order valence-electron chi connectivity index (χ3n) is 3.55. The van der Waals surface area contributed by atoms with Gasteiger partial charge in [0.25, 0.3) is 5.89 Å². The van der Waals surface area contributed by atoms with Crippen LogP contribution >= 0.6 is 15.9 Å². The average molecular weight is 399 g/mol. The van der Waals surface area contributed by atoms with Gasteiger partial charge in [-0.2, -0.15) is 5.10 Å². The van der Waals surface area contributed by atoms with Crippen molar-refractivity contribution in [1.82, 2.24) is 20.4 Å². The van der Waals surface area contributed by atoms with Crippen molar-refractivity contribution >= 4 is 32.8 Å². The lowest BCUT2D eigenvalue weighted by atomic mass is 10.2. The summed E-state index contributed by atoms with van der Waals surface area (Å²) < 4.78 is 11.7. The van der Waals surface area contributed by atoms with Crippen molar-refractivity contribution in [1.29, 1.82) is 0 Å². The molecule has 0 aliphatic carbocycles. The molecule has 0 radical (unpaired) electrons. The average Bonchev–Trinajstić information content (AvgIpc) is 3.27. The Hall–Kier alpha value is -3.00. The first-order valence-electron chi connectivity index (χ1n) is 7.39. The normalized spacial score (nSPS) is 10.9. The van der Waals surface area contributed by atoms with Crippen molar-refractivity contribution in [3.63, 3.8) is 0 Å². The summed E-state index contributed by atoms with van der Waals surface area (Å²) in [5.41, 5.74) is 1.78. The van der Waals surface area contributed by atoms with Crippen molar-refractivity contribution in [2.24, 2.45) is 0 Å². The van der Waals surface area contributed by atoms with Crippen LogP contribution in [0, 0.1) is 0 Å². The Morgan fingerprint density at radius 2 is 1.92 bits per heavy atom. The van der Waals surface area contributed by atoms with Gasteiger partial charge in [-0.3, -0.25) is 5.10 Å². The summed E-state index contributed by atoms with van der Waals surface area (Å²) in [6.07, 6.45) is 0. The summed E-state index contributed by atoms with van der Waals surface area (Å²) in [7, 11) is 0. The first-order chi connectivity index (χ1) is 12.2. The maximum absolute atomic E-state index is 12.2. The van der Waals surface area contributed by atoms with Crippen molar-refractivity contribution < 1.29 is 13.9 Å². The topological polar surface area (TPSA) is 93.9 Å². The number of nitrogens with one attached hydrogen (secondary N) is 1. The van der Waals surface area contributed by atoms with E-state index in [-0.39, 0.29) is 18.2 Å². The summed E-state index contributed by atoms with van der Waals surface area (Å²) in [4.78, 5) is 12.2. The second-order valence-corrected chi connectivity index (χ2v) is 6.12. The van der Waals surface area contributed by atoms with Gasteiger partial charge < -0.3 is 9.15 Å². The zero-order valence-corrected chi connectivity index (χ0v) is 14.4. The fourth-order valence-electron chi connectivity index (χ4n) is 2.34. The summed E-state index contributed by atoms with van der Waals surface area (Å²) in [6, 6.07) is 14.8. The van der Waals surface area contributed by atoms with Crippen molar-refractivity contribution in [2.45, 2.75) is 6.61 Å². The summed E-state index contributed by atoms with van der Waals surface area (Å²) in [6.45, 7) is -0.121. The van der Waals surface area contributed by atoms with E-state index in [4.69, 9.17) is 9.15 Å². The van der Waals surface area contributed by atoms with Crippen LogP contribution in [0.2, 0.25) is 0 Å². The number of rotatable bonds is 4. The zero-order chi connectivity index (χ0) is 17.2. The quantitative estimate of drug-likeness (QED) is 0.526. The Bertz CT molecular complexity index is 1040. The summed E-state index contributed by atoms with van der Waals surface area (Å²) >= 11 is 3.37. The molecular formula is C17H11BrN4O3. The molecule has 0 atom stereocenters. The number of para-hydroxylation sites is 1. The molecule has 0 spiro atoms. The van der Waals surface area contributed by atoms with Gasteiger partial charge in [0.2, 0.25) is 5.89 Å². The minimum absolute atomic E-state index is 0.121. The van der Waals surface area contributed by atoms with Crippen molar-refractivity contribution in [3.8, 4) is 11.5 Å². The number of aromatic amines is 1. The van der Waals surface area contributed by atoms with Crippen molar-refractivity contribution in [2.75, 3.05) is 0 Å². The first kappa shape index (κ1) is 15.5.